The van der Waals surface area contributed by atoms with Gasteiger partial charge in [0, 0.05) is 25.3 Å². The molecule has 2 N–H and O–H groups in total. The largest absolute Gasteiger partial charge is 0.466 e. The number of rotatable bonds is 7. The zero-order chi connectivity index (χ0) is 14.1. The van der Waals surface area contributed by atoms with Gasteiger partial charge in [0.1, 0.15) is 11.5 Å². The van der Waals surface area contributed by atoms with Crippen LogP contribution in [0, 0.1) is 11.8 Å². The van der Waals surface area contributed by atoms with E-state index in [0.29, 0.717) is 31.2 Å². The van der Waals surface area contributed by atoms with Gasteiger partial charge in [0.2, 0.25) is 5.91 Å². The quantitative estimate of drug-likeness (QED) is 0.803. The van der Waals surface area contributed by atoms with E-state index in [0.717, 1.165) is 30.3 Å². The van der Waals surface area contributed by atoms with E-state index in [2.05, 4.69) is 12.2 Å². The average molecular weight is 277 g/mol. The first kappa shape index (κ1) is 13.7. The first-order valence-corrected chi connectivity index (χ1v) is 7.67. The molecule has 0 spiro atoms. The lowest BCUT2D eigenvalue weighted by Gasteiger charge is -2.10. The van der Waals surface area contributed by atoms with Crippen molar-refractivity contribution < 1.29 is 14.3 Å². The third kappa shape index (κ3) is 3.42. The van der Waals surface area contributed by atoms with E-state index in [4.69, 9.17) is 4.42 Å². The lowest BCUT2D eigenvalue weighted by atomic mass is 10.2. The smallest absolute Gasteiger partial charge is 0.220 e. The average Bonchev–Trinajstić information content (AvgIpc) is 3.35. The summed E-state index contributed by atoms with van der Waals surface area (Å²) in [7, 11) is 0. The Kier molecular flexibility index (Phi) is 3.83. The Morgan fingerprint density at radius 1 is 1.50 bits per heavy atom. The minimum atomic E-state index is -0.370. The molecule has 110 valence electrons. The summed E-state index contributed by atoms with van der Waals surface area (Å²) < 4.78 is 5.77. The topological polar surface area (TPSA) is 62.5 Å². The van der Waals surface area contributed by atoms with Gasteiger partial charge in [0.05, 0.1) is 6.10 Å². The summed E-state index contributed by atoms with van der Waals surface area (Å²) in [5, 5.41) is 12.5. The van der Waals surface area contributed by atoms with Crippen LogP contribution in [0.2, 0.25) is 0 Å². The zero-order valence-corrected chi connectivity index (χ0v) is 12.0. The summed E-state index contributed by atoms with van der Waals surface area (Å²) in [4.78, 5) is 11.7. The van der Waals surface area contributed by atoms with E-state index in [1.807, 2.05) is 12.1 Å². The number of hydrogen-bond acceptors (Lipinski definition) is 3. The molecule has 1 heterocycles. The second kappa shape index (κ2) is 5.60. The molecule has 2 aliphatic carbocycles. The molecule has 0 aliphatic heterocycles. The molecular weight excluding hydrogens is 254 g/mol. The molecule has 1 aromatic heterocycles. The van der Waals surface area contributed by atoms with Crippen LogP contribution in [0.15, 0.2) is 16.5 Å². The highest BCUT2D eigenvalue weighted by Crippen LogP contribution is 2.47. The fraction of sp³-hybridized carbons (Fsp3) is 0.688. The van der Waals surface area contributed by atoms with E-state index in [1.165, 1.54) is 6.42 Å². The van der Waals surface area contributed by atoms with Gasteiger partial charge in [-0.2, -0.15) is 0 Å². The number of carbonyl (C=O) groups is 1. The van der Waals surface area contributed by atoms with Crippen LogP contribution >= 0.6 is 0 Å². The summed E-state index contributed by atoms with van der Waals surface area (Å²) in [6.45, 7) is 2.61. The number of furan rings is 1. The van der Waals surface area contributed by atoms with Crippen molar-refractivity contribution in [2.45, 2.75) is 51.0 Å². The van der Waals surface area contributed by atoms with Crippen molar-refractivity contribution in [1.82, 2.24) is 5.32 Å². The SMILES string of the molecule is CC1CC1c1ccc(CCC(=O)NCC(O)C2CC2)o1. The van der Waals surface area contributed by atoms with Crippen molar-refractivity contribution in [1.29, 1.82) is 0 Å². The fourth-order valence-electron chi connectivity index (χ4n) is 2.64. The summed E-state index contributed by atoms with van der Waals surface area (Å²) in [5.41, 5.74) is 0. The van der Waals surface area contributed by atoms with Crippen LogP contribution < -0.4 is 5.32 Å². The normalized spacial score (nSPS) is 26.3. The van der Waals surface area contributed by atoms with Crippen LogP contribution in [0.1, 0.15) is 50.0 Å². The maximum atomic E-state index is 11.7. The number of hydrogen-bond donors (Lipinski definition) is 2. The van der Waals surface area contributed by atoms with Crippen LogP contribution in [-0.4, -0.2) is 23.7 Å². The molecule has 0 radical (unpaired) electrons. The van der Waals surface area contributed by atoms with E-state index in [-0.39, 0.29) is 12.0 Å². The van der Waals surface area contributed by atoms with Crippen LogP contribution in [-0.2, 0) is 11.2 Å². The van der Waals surface area contributed by atoms with Crippen molar-refractivity contribution >= 4 is 5.91 Å². The van der Waals surface area contributed by atoms with Gasteiger partial charge in [-0.15, -0.1) is 0 Å². The Labute approximate surface area is 119 Å². The number of aryl methyl sites for hydroxylation is 1. The molecule has 3 unspecified atom stereocenters. The summed E-state index contributed by atoms with van der Waals surface area (Å²) in [6.07, 6.45) is 4.08. The second-order valence-corrected chi connectivity index (χ2v) is 6.33. The van der Waals surface area contributed by atoms with Gasteiger partial charge in [-0.05, 0) is 43.2 Å². The standard InChI is InChI=1S/C16H23NO3/c1-10-8-13(10)15-6-4-12(20-15)5-7-16(19)17-9-14(18)11-2-3-11/h4,6,10-11,13-14,18H,2-3,5,7-9H2,1H3,(H,17,19). The Morgan fingerprint density at radius 2 is 2.25 bits per heavy atom. The molecule has 0 saturated heterocycles. The van der Waals surface area contributed by atoms with E-state index >= 15 is 0 Å². The number of nitrogens with one attached hydrogen (secondary N) is 1. The lowest BCUT2D eigenvalue weighted by molar-refractivity contribution is -0.121. The predicted octanol–water partition coefficient (Wildman–Crippen LogP) is 2.22. The third-order valence-corrected chi connectivity index (χ3v) is 4.43. The number of carbonyl (C=O) groups excluding carboxylic acids is 1. The molecular formula is C16H23NO3. The highest BCUT2D eigenvalue weighted by molar-refractivity contribution is 5.76. The lowest BCUT2D eigenvalue weighted by Crippen LogP contribution is -2.33. The second-order valence-electron chi connectivity index (χ2n) is 6.33. The zero-order valence-electron chi connectivity index (χ0n) is 12.0. The molecule has 2 aliphatic rings. The number of aliphatic hydroxyl groups is 1. The van der Waals surface area contributed by atoms with Gasteiger partial charge in [-0.25, -0.2) is 0 Å². The van der Waals surface area contributed by atoms with E-state index < -0.39 is 0 Å². The number of amides is 1. The summed E-state index contributed by atoms with van der Waals surface area (Å²) in [6, 6.07) is 4.02. The van der Waals surface area contributed by atoms with Gasteiger partial charge in [0.25, 0.3) is 0 Å². The van der Waals surface area contributed by atoms with E-state index in [1.54, 1.807) is 0 Å². The fourth-order valence-corrected chi connectivity index (χ4v) is 2.64. The first-order chi connectivity index (χ1) is 9.63. The Balaban J connectivity index is 1.37. The molecule has 0 bridgehead atoms. The molecule has 2 saturated carbocycles. The molecule has 20 heavy (non-hydrogen) atoms. The minimum absolute atomic E-state index is 0.0116. The van der Waals surface area contributed by atoms with Gasteiger partial charge in [-0.3, -0.25) is 4.79 Å². The molecule has 1 amide bonds. The monoisotopic (exact) mass is 277 g/mol. The van der Waals surface area contributed by atoms with Gasteiger partial charge >= 0.3 is 0 Å². The molecule has 0 aromatic carbocycles. The molecule has 4 heteroatoms. The van der Waals surface area contributed by atoms with Gasteiger partial charge < -0.3 is 14.8 Å². The maximum Gasteiger partial charge on any atom is 0.220 e. The molecule has 1 aromatic rings. The summed E-state index contributed by atoms with van der Waals surface area (Å²) >= 11 is 0. The highest BCUT2D eigenvalue weighted by atomic mass is 16.3. The van der Waals surface area contributed by atoms with Crippen molar-refractivity contribution in [2.75, 3.05) is 6.54 Å². The summed E-state index contributed by atoms with van der Waals surface area (Å²) in [5.74, 6) is 3.67. The van der Waals surface area contributed by atoms with E-state index in [9.17, 15) is 9.90 Å². The van der Waals surface area contributed by atoms with Gasteiger partial charge in [0.15, 0.2) is 0 Å². The third-order valence-electron chi connectivity index (χ3n) is 4.43. The van der Waals surface area contributed by atoms with Crippen molar-refractivity contribution in [3.8, 4) is 0 Å². The minimum Gasteiger partial charge on any atom is -0.466 e. The van der Waals surface area contributed by atoms with Crippen LogP contribution in [0.3, 0.4) is 0 Å². The molecule has 3 rings (SSSR count). The van der Waals surface area contributed by atoms with Gasteiger partial charge in [-0.1, -0.05) is 6.92 Å². The molecule has 4 nitrogen and oxygen atoms in total. The Hall–Kier alpha value is -1.29. The van der Waals surface area contributed by atoms with Crippen LogP contribution in [0.5, 0.6) is 0 Å². The van der Waals surface area contributed by atoms with Crippen molar-refractivity contribution in [2.24, 2.45) is 11.8 Å². The highest BCUT2D eigenvalue weighted by Gasteiger charge is 2.36. The van der Waals surface area contributed by atoms with Crippen LogP contribution in [0.4, 0.5) is 0 Å². The van der Waals surface area contributed by atoms with Crippen molar-refractivity contribution in [3.63, 3.8) is 0 Å². The first-order valence-electron chi connectivity index (χ1n) is 7.67. The Bertz CT molecular complexity index is 478. The molecule has 2 fully saturated rings. The maximum absolute atomic E-state index is 11.7. The van der Waals surface area contributed by atoms with Crippen LogP contribution in [0.25, 0.3) is 0 Å². The Morgan fingerprint density at radius 3 is 2.90 bits per heavy atom. The number of aliphatic hydroxyl groups excluding tert-OH is 1. The molecule has 3 atom stereocenters. The van der Waals surface area contributed by atoms with Crippen molar-refractivity contribution in [3.05, 3.63) is 23.7 Å². The predicted molar refractivity (Wildman–Crippen MR) is 75.3 cm³/mol.